The van der Waals surface area contributed by atoms with E-state index in [4.69, 9.17) is 0 Å². The lowest BCUT2D eigenvalue weighted by molar-refractivity contribution is -0.385. The summed E-state index contributed by atoms with van der Waals surface area (Å²) in [7, 11) is 0. The van der Waals surface area contributed by atoms with E-state index >= 15 is 0 Å². The number of hydrogen-bond donors (Lipinski definition) is 0. The largest absolute Gasteiger partial charge is 0.351 e. The number of aryl methyl sites for hydroxylation is 1. The highest BCUT2D eigenvalue weighted by atomic mass is 16.6. The van der Waals surface area contributed by atoms with Gasteiger partial charge in [0, 0.05) is 13.1 Å². The summed E-state index contributed by atoms with van der Waals surface area (Å²) < 4.78 is 0. The first-order valence-corrected chi connectivity index (χ1v) is 6.41. The average Bonchev–Trinajstić information content (AvgIpc) is 2.27. The fraction of sp³-hybridized carbons (Fsp3) is 0.667. The summed E-state index contributed by atoms with van der Waals surface area (Å²) in [6.07, 6.45) is 7.19. The minimum atomic E-state index is -0.372. The molecule has 1 aromatic rings. The van der Waals surface area contributed by atoms with Crippen LogP contribution < -0.4 is 4.90 Å². The molecule has 1 aliphatic heterocycles. The number of hydrogen-bond acceptors (Lipinski definition) is 5. The zero-order chi connectivity index (χ0) is 13.0. The van der Waals surface area contributed by atoms with Gasteiger partial charge in [0.15, 0.2) is 0 Å². The van der Waals surface area contributed by atoms with Crippen LogP contribution in [-0.4, -0.2) is 28.0 Å². The summed E-state index contributed by atoms with van der Waals surface area (Å²) in [5.74, 6) is 0.481. The Balaban J connectivity index is 2.30. The van der Waals surface area contributed by atoms with Gasteiger partial charge in [0.25, 0.3) is 0 Å². The molecular weight excluding hydrogens is 232 g/mol. The molecule has 0 aromatic carbocycles. The molecule has 1 fully saturated rings. The van der Waals surface area contributed by atoms with Crippen LogP contribution in [0.5, 0.6) is 0 Å². The van der Waals surface area contributed by atoms with Gasteiger partial charge in [0.1, 0.15) is 12.0 Å². The van der Waals surface area contributed by atoms with Crippen molar-refractivity contribution in [3.8, 4) is 0 Å². The minimum Gasteiger partial charge on any atom is -0.351 e. The molecule has 0 amide bonds. The number of nitro groups is 1. The number of rotatable bonds is 2. The molecule has 1 saturated heterocycles. The van der Waals surface area contributed by atoms with E-state index in [0.717, 1.165) is 25.9 Å². The van der Waals surface area contributed by atoms with Crippen LogP contribution in [0.3, 0.4) is 0 Å². The van der Waals surface area contributed by atoms with Crippen molar-refractivity contribution in [3.63, 3.8) is 0 Å². The number of aromatic nitrogens is 2. The van der Waals surface area contributed by atoms with E-state index in [1.165, 1.54) is 25.6 Å². The third-order valence-corrected chi connectivity index (χ3v) is 3.32. The Kier molecular flexibility index (Phi) is 4.07. The van der Waals surface area contributed by atoms with Crippen LogP contribution in [0, 0.1) is 17.0 Å². The van der Waals surface area contributed by atoms with Crippen molar-refractivity contribution in [3.05, 3.63) is 22.1 Å². The fourth-order valence-electron chi connectivity index (χ4n) is 2.36. The Morgan fingerprint density at radius 1 is 1.17 bits per heavy atom. The Morgan fingerprint density at radius 2 is 1.78 bits per heavy atom. The molecule has 18 heavy (non-hydrogen) atoms. The van der Waals surface area contributed by atoms with Crippen molar-refractivity contribution in [2.24, 2.45) is 0 Å². The van der Waals surface area contributed by atoms with Gasteiger partial charge >= 0.3 is 5.69 Å². The predicted octanol–water partition coefficient (Wildman–Crippen LogP) is 2.46. The Hall–Kier alpha value is -1.72. The van der Waals surface area contributed by atoms with Crippen LogP contribution >= 0.6 is 0 Å². The van der Waals surface area contributed by atoms with E-state index in [0.29, 0.717) is 11.5 Å². The zero-order valence-corrected chi connectivity index (χ0v) is 10.6. The molecule has 2 heterocycles. The maximum absolute atomic E-state index is 11.1. The van der Waals surface area contributed by atoms with Crippen LogP contribution in [0.4, 0.5) is 11.5 Å². The molecule has 2 rings (SSSR count). The summed E-state index contributed by atoms with van der Waals surface area (Å²) >= 11 is 0. The second kappa shape index (κ2) is 5.75. The van der Waals surface area contributed by atoms with Crippen molar-refractivity contribution in [1.29, 1.82) is 0 Å². The molecule has 1 aromatic heterocycles. The van der Waals surface area contributed by atoms with Gasteiger partial charge in [-0.15, -0.1) is 0 Å². The lowest BCUT2D eigenvalue weighted by atomic mass is 10.1. The van der Waals surface area contributed by atoms with Gasteiger partial charge < -0.3 is 4.90 Å². The SMILES string of the molecule is Cc1ncnc(N2CCCCCCC2)c1[N+](=O)[O-]. The fourth-order valence-corrected chi connectivity index (χ4v) is 2.36. The summed E-state index contributed by atoms with van der Waals surface area (Å²) in [6, 6.07) is 0. The molecule has 0 aliphatic carbocycles. The highest BCUT2D eigenvalue weighted by molar-refractivity contribution is 5.59. The third-order valence-electron chi connectivity index (χ3n) is 3.32. The first-order valence-electron chi connectivity index (χ1n) is 6.41. The maximum Gasteiger partial charge on any atom is 0.332 e. The monoisotopic (exact) mass is 250 g/mol. The lowest BCUT2D eigenvalue weighted by Crippen LogP contribution is -2.28. The van der Waals surface area contributed by atoms with Crippen LogP contribution in [-0.2, 0) is 0 Å². The summed E-state index contributed by atoms with van der Waals surface area (Å²) in [4.78, 5) is 20.8. The number of anilines is 1. The molecule has 0 saturated carbocycles. The van der Waals surface area contributed by atoms with Gasteiger partial charge in [-0.25, -0.2) is 9.97 Å². The predicted molar refractivity (Wildman–Crippen MR) is 68.7 cm³/mol. The summed E-state index contributed by atoms with van der Waals surface area (Å²) in [5, 5.41) is 11.1. The van der Waals surface area contributed by atoms with Crippen molar-refractivity contribution in [1.82, 2.24) is 9.97 Å². The van der Waals surface area contributed by atoms with Crippen LogP contribution in [0.15, 0.2) is 6.33 Å². The van der Waals surface area contributed by atoms with Gasteiger partial charge in [0.05, 0.1) is 4.92 Å². The van der Waals surface area contributed by atoms with E-state index in [1.54, 1.807) is 6.92 Å². The standard InChI is InChI=1S/C12H18N4O2/c1-10-11(16(17)18)12(14-9-13-10)15-7-5-3-2-4-6-8-15/h9H,2-8H2,1H3. The number of nitrogens with zero attached hydrogens (tertiary/aromatic N) is 4. The smallest absolute Gasteiger partial charge is 0.332 e. The quantitative estimate of drug-likeness (QED) is 0.595. The second-order valence-electron chi connectivity index (χ2n) is 4.64. The molecule has 6 heteroatoms. The van der Waals surface area contributed by atoms with Crippen LogP contribution in [0.1, 0.15) is 37.8 Å². The topological polar surface area (TPSA) is 72.2 Å². The van der Waals surface area contributed by atoms with Crippen molar-refractivity contribution in [2.45, 2.75) is 39.0 Å². The maximum atomic E-state index is 11.1. The molecular formula is C12H18N4O2. The molecule has 98 valence electrons. The third kappa shape index (κ3) is 2.75. The summed E-state index contributed by atoms with van der Waals surface area (Å²) in [5.41, 5.74) is 0.491. The van der Waals surface area contributed by atoms with Crippen molar-refractivity contribution in [2.75, 3.05) is 18.0 Å². The molecule has 0 spiro atoms. The van der Waals surface area contributed by atoms with E-state index < -0.39 is 0 Å². The highest BCUT2D eigenvalue weighted by Gasteiger charge is 2.24. The van der Waals surface area contributed by atoms with Crippen LogP contribution in [0.25, 0.3) is 0 Å². The highest BCUT2D eigenvalue weighted by Crippen LogP contribution is 2.28. The molecule has 0 N–H and O–H groups in total. The second-order valence-corrected chi connectivity index (χ2v) is 4.64. The van der Waals surface area contributed by atoms with E-state index in [2.05, 4.69) is 9.97 Å². The first kappa shape index (κ1) is 12.7. The van der Waals surface area contributed by atoms with Gasteiger partial charge in [-0.1, -0.05) is 19.3 Å². The molecule has 6 nitrogen and oxygen atoms in total. The molecule has 0 radical (unpaired) electrons. The Morgan fingerprint density at radius 3 is 2.39 bits per heavy atom. The zero-order valence-electron chi connectivity index (χ0n) is 10.6. The molecule has 0 unspecified atom stereocenters. The van der Waals surface area contributed by atoms with Gasteiger partial charge in [-0.3, -0.25) is 10.1 Å². The lowest BCUT2D eigenvalue weighted by Gasteiger charge is -2.25. The molecule has 0 atom stereocenters. The van der Waals surface area contributed by atoms with E-state index in [1.807, 2.05) is 4.90 Å². The van der Waals surface area contributed by atoms with Crippen LogP contribution in [0.2, 0.25) is 0 Å². The van der Waals surface area contributed by atoms with Gasteiger partial charge in [0.2, 0.25) is 5.82 Å². The Bertz CT molecular complexity index is 428. The van der Waals surface area contributed by atoms with Crippen molar-refractivity contribution >= 4 is 11.5 Å². The van der Waals surface area contributed by atoms with E-state index in [-0.39, 0.29) is 10.6 Å². The van der Waals surface area contributed by atoms with Gasteiger partial charge in [-0.05, 0) is 19.8 Å². The van der Waals surface area contributed by atoms with Gasteiger partial charge in [-0.2, -0.15) is 0 Å². The average molecular weight is 250 g/mol. The first-order chi connectivity index (χ1) is 8.70. The molecule has 1 aliphatic rings. The molecule has 0 bridgehead atoms. The Labute approximate surface area is 106 Å². The summed E-state index contributed by atoms with van der Waals surface area (Å²) in [6.45, 7) is 3.35. The van der Waals surface area contributed by atoms with Crippen molar-refractivity contribution < 1.29 is 4.92 Å². The van der Waals surface area contributed by atoms with E-state index in [9.17, 15) is 10.1 Å². The normalized spacial score (nSPS) is 17.1. The minimum absolute atomic E-state index is 0.0538.